The van der Waals surface area contributed by atoms with Crippen LogP contribution in [0.25, 0.3) is 0 Å². The Morgan fingerprint density at radius 1 is 0.800 bits per heavy atom. The third-order valence-corrected chi connectivity index (χ3v) is 2.20. The van der Waals surface area contributed by atoms with Gasteiger partial charge in [-0.2, -0.15) is 0 Å². The molecule has 2 nitrogen and oxygen atoms in total. The SMILES string of the molecule is O=C[C@H]1CC[C@H](C=O)CC1. The molecule has 0 aromatic rings. The molecule has 0 heterocycles. The molecule has 56 valence electrons. The molecule has 0 aromatic carbocycles. The highest BCUT2D eigenvalue weighted by Crippen LogP contribution is 2.25. The maximum atomic E-state index is 10.3. The summed E-state index contributed by atoms with van der Waals surface area (Å²) in [5.41, 5.74) is 0. The zero-order valence-corrected chi connectivity index (χ0v) is 5.95. The van der Waals surface area contributed by atoms with E-state index >= 15 is 0 Å². The monoisotopic (exact) mass is 140 g/mol. The molecule has 0 aromatic heterocycles. The Balaban J connectivity index is 2.30. The van der Waals surface area contributed by atoms with Crippen LogP contribution in [0.15, 0.2) is 0 Å². The van der Waals surface area contributed by atoms with Crippen LogP contribution >= 0.6 is 0 Å². The molecule has 0 N–H and O–H groups in total. The molecule has 0 atom stereocenters. The molecule has 0 radical (unpaired) electrons. The molecule has 1 aliphatic carbocycles. The van der Waals surface area contributed by atoms with E-state index in [-0.39, 0.29) is 11.8 Å². The van der Waals surface area contributed by atoms with Gasteiger partial charge in [0.05, 0.1) is 0 Å². The highest BCUT2D eigenvalue weighted by atomic mass is 16.1. The van der Waals surface area contributed by atoms with Crippen LogP contribution in [0.3, 0.4) is 0 Å². The summed E-state index contributed by atoms with van der Waals surface area (Å²) in [5.74, 6) is 0.465. The Labute approximate surface area is 60.6 Å². The van der Waals surface area contributed by atoms with E-state index in [9.17, 15) is 9.59 Å². The predicted octanol–water partition coefficient (Wildman–Crippen LogP) is 1.19. The maximum absolute atomic E-state index is 10.3. The number of carbonyl (C=O) groups is 2. The van der Waals surface area contributed by atoms with E-state index in [4.69, 9.17) is 0 Å². The Kier molecular flexibility index (Phi) is 2.60. The van der Waals surface area contributed by atoms with Crippen molar-refractivity contribution in [3.05, 3.63) is 0 Å². The van der Waals surface area contributed by atoms with Gasteiger partial charge in [0.25, 0.3) is 0 Å². The fourth-order valence-corrected chi connectivity index (χ4v) is 1.42. The third-order valence-electron chi connectivity index (χ3n) is 2.20. The standard InChI is InChI=1S/C8H12O2/c9-5-7-1-2-8(6-10)4-3-7/h5-8H,1-4H2/t7-,8-. The van der Waals surface area contributed by atoms with Gasteiger partial charge >= 0.3 is 0 Å². The van der Waals surface area contributed by atoms with Crippen molar-refractivity contribution in [2.24, 2.45) is 11.8 Å². The van der Waals surface area contributed by atoms with Gasteiger partial charge in [0, 0.05) is 11.8 Å². The summed E-state index contributed by atoms with van der Waals surface area (Å²) in [6.07, 6.45) is 5.67. The lowest BCUT2D eigenvalue weighted by Crippen LogP contribution is -2.15. The van der Waals surface area contributed by atoms with Crippen LogP contribution in [0.1, 0.15) is 25.7 Å². The lowest BCUT2D eigenvalue weighted by atomic mass is 9.84. The van der Waals surface area contributed by atoms with Gasteiger partial charge in [0.2, 0.25) is 0 Å². The molecule has 1 aliphatic rings. The molecule has 0 amide bonds. The zero-order valence-electron chi connectivity index (χ0n) is 5.95. The highest BCUT2D eigenvalue weighted by Gasteiger charge is 2.19. The first kappa shape index (κ1) is 7.45. The molecule has 0 bridgehead atoms. The summed E-state index contributed by atoms with van der Waals surface area (Å²) < 4.78 is 0. The van der Waals surface area contributed by atoms with Gasteiger partial charge in [-0.3, -0.25) is 0 Å². The highest BCUT2D eigenvalue weighted by molar-refractivity contribution is 5.56. The van der Waals surface area contributed by atoms with Crippen molar-refractivity contribution in [3.63, 3.8) is 0 Å². The van der Waals surface area contributed by atoms with Crippen LogP contribution in [-0.2, 0) is 9.59 Å². The maximum Gasteiger partial charge on any atom is 0.123 e. The van der Waals surface area contributed by atoms with E-state index < -0.39 is 0 Å². The lowest BCUT2D eigenvalue weighted by molar-refractivity contribution is -0.115. The summed E-state index contributed by atoms with van der Waals surface area (Å²) in [5, 5.41) is 0. The Hall–Kier alpha value is -0.660. The Morgan fingerprint density at radius 3 is 1.30 bits per heavy atom. The molecule has 1 saturated carbocycles. The average Bonchev–Trinajstić information content (AvgIpc) is 2.05. The van der Waals surface area contributed by atoms with Crippen molar-refractivity contribution in [1.29, 1.82) is 0 Å². The molecular formula is C8H12O2. The van der Waals surface area contributed by atoms with Gasteiger partial charge in [0.1, 0.15) is 12.6 Å². The van der Waals surface area contributed by atoms with Crippen LogP contribution in [0.4, 0.5) is 0 Å². The fraction of sp³-hybridized carbons (Fsp3) is 0.750. The number of aldehydes is 2. The minimum Gasteiger partial charge on any atom is -0.303 e. The van der Waals surface area contributed by atoms with Crippen LogP contribution in [0.5, 0.6) is 0 Å². The summed E-state index contributed by atoms with van der Waals surface area (Å²) >= 11 is 0. The quantitative estimate of drug-likeness (QED) is 0.540. The van der Waals surface area contributed by atoms with Crippen LogP contribution in [-0.4, -0.2) is 12.6 Å². The van der Waals surface area contributed by atoms with Crippen LogP contribution in [0, 0.1) is 11.8 Å². The molecular weight excluding hydrogens is 128 g/mol. The van der Waals surface area contributed by atoms with Gasteiger partial charge in [-0.15, -0.1) is 0 Å². The minimum absolute atomic E-state index is 0.233. The normalized spacial score (nSPS) is 33.2. The van der Waals surface area contributed by atoms with E-state index in [0.717, 1.165) is 38.3 Å². The molecule has 2 heteroatoms. The van der Waals surface area contributed by atoms with Crippen molar-refractivity contribution in [3.8, 4) is 0 Å². The smallest absolute Gasteiger partial charge is 0.123 e. The van der Waals surface area contributed by atoms with Crippen LogP contribution in [0.2, 0.25) is 0 Å². The van der Waals surface area contributed by atoms with Crippen molar-refractivity contribution in [2.45, 2.75) is 25.7 Å². The minimum atomic E-state index is 0.233. The average molecular weight is 140 g/mol. The molecule has 0 unspecified atom stereocenters. The van der Waals surface area contributed by atoms with E-state index in [2.05, 4.69) is 0 Å². The lowest BCUT2D eigenvalue weighted by Gasteiger charge is -2.20. The van der Waals surface area contributed by atoms with Gasteiger partial charge in [-0.25, -0.2) is 0 Å². The molecule has 0 saturated heterocycles. The Morgan fingerprint density at radius 2 is 1.10 bits per heavy atom. The van der Waals surface area contributed by atoms with Gasteiger partial charge in [-0.05, 0) is 25.7 Å². The van der Waals surface area contributed by atoms with Crippen molar-refractivity contribution < 1.29 is 9.59 Å². The summed E-state index contributed by atoms with van der Waals surface area (Å²) in [4.78, 5) is 20.5. The van der Waals surface area contributed by atoms with Crippen molar-refractivity contribution in [2.75, 3.05) is 0 Å². The second-order valence-electron chi connectivity index (χ2n) is 2.95. The Bertz CT molecular complexity index is 107. The van der Waals surface area contributed by atoms with E-state index in [0.29, 0.717) is 0 Å². The number of hydrogen-bond donors (Lipinski definition) is 0. The second kappa shape index (κ2) is 3.49. The number of rotatable bonds is 2. The van der Waals surface area contributed by atoms with Gasteiger partial charge < -0.3 is 9.59 Å². The molecule has 1 rings (SSSR count). The summed E-state index contributed by atoms with van der Waals surface area (Å²) in [6.45, 7) is 0. The van der Waals surface area contributed by atoms with E-state index in [1.165, 1.54) is 0 Å². The summed E-state index contributed by atoms with van der Waals surface area (Å²) in [6, 6.07) is 0. The van der Waals surface area contributed by atoms with Crippen molar-refractivity contribution in [1.82, 2.24) is 0 Å². The molecule has 0 spiro atoms. The van der Waals surface area contributed by atoms with E-state index in [1.54, 1.807) is 0 Å². The first-order valence-electron chi connectivity index (χ1n) is 3.77. The first-order chi connectivity index (χ1) is 4.86. The topological polar surface area (TPSA) is 34.1 Å². The predicted molar refractivity (Wildman–Crippen MR) is 37.6 cm³/mol. The fourth-order valence-electron chi connectivity index (χ4n) is 1.42. The van der Waals surface area contributed by atoms with Crippen LogP contribution < -0.4 is 0 Å². The summed E-state index contributed by atoms with van der Waals surface area (Å²) in [7, 11) is 0. The third kappa shape index (κ3) is 1.66. The zero-order chi connectivity index (χ0) is 7.40. The number of carbonyl (C=O) groups excluding carboxylic acids is 2. The molecule has 0 aliphatic heterocycles. The van der Waals surface area contributed by atoms with Gasteiger partial charge in [-0.1, -0.05) is 0 Å². The molecule has 10 heavy (non-hydrogen) atoms. The van der Waals surface area contributed by atoms with Gasteiger partial charge in [0.15, 0.2) is 0 Å². The van der Waals surface area contributed by atoms with Crippen molar-refractivity contribution >= 4 is 12.6 Å². The molecule has 1 fully saturated rings. The largest absolute Gasteiger partial charge is 0.303 e. The second-order valence-corrected chi connectivity index (χ2v) is 2.95. The van der Waals surface area contributed by atoms with E-state index in [1.807, 2.05) is 0 Å². The first-order valence-corrected chi connectivity index (χ1v) is 3.77. The number of hydrogen-bond acceptors (Lipinski definition) is 2.